The van der Waals surface area contributed by atoms with Gasteiger partial charge in [0.05, 0.1) is 6.61 Å². The number of benzene rings is 1. The number of amides is 1. The van der Waals surface area contributed by atoms with E-state index in [0.29, 0.717) is 12.1 Å². The molecule has 0 radical (unpaired) electrons. The summed E-state index contributed by atoms with van der Waals surface area (Å²) in [6.07, 6.45) is 1.41. The third-order valence-corrected chi connectivity index (χ3v) is 3.69. The van der Waals surface area contributed by atoms with Crippen LogP contribution in [0.2, 0.25) is 0 Å². The summed E-state index contributed by atoms with van der Waals surface area (Å²) in [5.74, 6) is 2.00. The van der Waals surface area contributed by atoms with Gasteiger partial charge < -0.3 is 15.8 Å². The van der Waals surface area contributed by atoms with Gasteiger partial charge in [0.15, 0.2) is 0 Å². The topological polar surface area (TPSA) is 64.3 Å². The number of rotatable bonds is 8. The highest BCUT2D eigenvalue weighted by Gasteiger charge is 2.05. The van der Waals surface area contributed by atoms with E-state index in [1.54, 1.807) is 24.9 Å². The van der Waals surface area contributed by atoms with Crippen LogP contribution in [0.3, 0.4) is 0 Å². The maximum absolute atomic E-state index is 11.8. The predicted molar refractivity (Wildman–Crippen MR) is 82.7 cm³/mol. The van der Waals surface area contributed by atoms with Gasteiger partial charge in [0.1, 0.15) is 0 Å². The number of nitrogens with one attached hydrogen (secondary N) is 1. The van der Waals surface area contributed by atoms with E-state index in [1.165, 1.54) is 0 Å². The Kier molecular flexibility index (Phi) is 7.36. The molecule has 106 valence electrons. The van der Waals surface area contributed by atoms with Gasteiger partial charge in [-0.2, -0.15) is 11.8 Å². The van der Waals surface area contributed by atoms with Crippen LogP contribution in [0.5, 0.6) is 0 Å². The summed E-state index contributed by atoms with van der Waals surface area (Å²) >= 11 is 1.81. The Labute approximate surface area is 119 Å². The van der Waals surface area contributed by atoms with Crippen LogP contribution in [0.1, 0.15) is 18.4 Å². The smallest absolute Gasteiger partial charge is 0.224 e. The van der Waals surface area contributed by atoms with Gasteiger partial charge in [-0.1, -0.05) is 6.07 Å². The maximum atomic E-state index is 11.8. The van der Waals surface area contributed by atoms with Crippen molar-refractivity contribution in [3.8, 4) is 0 Å². The third-order valence-electron chi connectivity index (χ3n) is 2.66. The molecule has 0 spiro atoms. The number of thioether (sulfide) groups is 1. The first-order chi connectivity index (χ1) is 9.13. The number of nitrogens with two attached hydrogens (primary N) is 1. The molecule has 0 aliphatic rings. The van der Waals surface area contributed by atoms with Gasteiger partial charge in [-0.25, -0.2) is 0 Å². The Morgan fingerprint density at radius 2 is 2.21 bits per heavy atom. The summed E-state index contributed by atoms with van der Waals surface area (Å²) in [5.41, 5.74) is 8.20. The van der Waals surface area contributed by atoms with Crippen LogP contribution < -0.4 is 11.1 Å². The molecule has 0 unspecified atom stereocenters. The van der Waals surface area contributed by atoms with Crippen molar-refractivity contribution in [1.82, 2.24) is 0 Å². The molecule has 0 bridgehead atoms. The monoisotopic (exact) mass is 282 g/mol. The van der Waals surface area contributed by atoms with E-state index in [-0.39, 0.29) is 5.91 Å². The van der Waals surface area contributed by atoms with E-state index in [2.05, 4.69) is 5.32 Å². The molecule has 0 fully saturated rings. The number of carbonyl (C=O) groups is 1. The molecule has 5 heteroatoms. The van der Waals surface area contributed by atoms with Crippen molar-refractivity contribution in [2.24, 2.45) is 0 Å². The molecule has 0 atom stereocenters. The van der Waals surface area contributed by atoms with Gasteiger partial charge in [-0.3, -0.25) is 4.79 Å². The molecule has 0 saturated carbocycles. The van der Waals surface area contributed by atoms with E-state index < -0.39 is 0 Å². The second-order valence-electron chi connectivity index (χ2n) is 4.33. The molecule has 4 nitrogen and oxygen atoms in total. The molecule has 0 aliphatic heterocycles. The minimum Gasteiger partial charge on any atom is -0.399 e. The van der Waals surface area contributed by atoms with Crippen molar-refractivity contribution in [2.45, 2.75) is 19.8 Å². The number of ether oxygens (including phenoxy) is 1. The first-order valence-electron chi connectivity index (χ1n) is 6.36. The molecule has 1 rings (SSSR count). The number of nitrogen functional groups attached to an aromatic ring is 1. The first kappa shape index (κ1) is 15.9. The number of aryl methyl sites for hydroxylation is 1. The van der Waals surface area contributed by atoms with Gasteiger partial charge in [0.25, 0.3) is 0 Å². The second-order valence-corrected chi connectivity index (χ2v) is 5.56. The molecule has 0 aliphatic carbocycles. The average Bonchev–Trinajstić information content (AvgIpc) is 2.38. The Morgan fingerprint density at radius 3 is 2.95 bits per heavy atom. The standard InChI is InChI=1S/C14H22N2O2S/c1-11-5-6-12(15)10-13(11)16-14(17)4-3-8-19-9-7-18-2/h5-6,10H,3-4,7-9,15H2,1-2H3,(H,16,17). The Balaban J connectivity index is 2.25. The fourth-order valence-electron chi connectivity index (χ4n) is 1.57. The van der Waals surface area contributed by atoms with Crippen LogP contribution in [0.25, 0.3) is 0 Å². The normalized spacial score (nSPS) is 10.4. The molecular formula is C14H22N2O2S. The largest absolute Gasteiger partial charge is 0.399 e. The van der Waals surface area contributed by atoms with Gasteiger partial charge >= 0.3 is 0 Å². The predicted octanol–water partition coefficient (Wildman–Crippen LogP) is 2.68. The third kappa shape index (κ3) is 6.50. The van der Waals surface area contributed by atoms with Crippen molar-refractivity contribution >= 4 is 29.0 Å². The van der Waals surface area contributed by atoms with E-state index in [0.717, 1.165) is 35.8 Å². The van der Waals surface area contributed by atoms with Crippen LogP contribution in [-0.2, 0) is 9.53 Å². The maximum Gasteiger partial charge on any atom is 0.224 e. The Morgan fingerprint density at radius 1 is 1.42 bits per heavy atom. The SMILES string of the molecule is COCCSCCCC(=O)Nc1cc(N)ccc1C. The van der Waals surface area contributed by atoms with E-state index >= 15 is 0 Å². The second kappa shape index (κ2) is 8.82. The average molecular weight is 282 g/mol. The van der Waals surface area contributed by atoms with Crippen molar-refractivity contribution in [1.29, 1.82) is 0 Å². The van der Waals surface area contributed by atoms with Crippen LogP contribution in [0.4, 0.5) is 11.4 Å². The summed E-state index contributed by atoms with van der Waals surface area (Å²) in [4.78, 5) is 11.8. The molecule has 3 N–H and O–H groups in total. The van der Waals surface area contributed by atoms with Gasteiger partial charge in [0, 0.05) is 30.7 Å². The summed E-state index contributed by atoms with van der Waals surface area (Å²) < 4.78 is 4.96. The lowest BCUT2D eigenvalue weighted by molar-refractivity contribution is -0.116. The number of methoxy groups -OCH3 is 1. The summed E-state index contributed by atoms with van der Waals surface area (Å²) in [5, 5.41) is 2.90. The number of carbonyl (C=O) groups excluding carboxylic acids is 1. The minimum absolute atomic E-state index is 0.0426. The van der Waals surface area contributed by atoms with Gasteiger partial charge in [0.2, 0.25) is 5.91 Å². The van der Waals surface area contributed by atoms with E-state index in [4.69, 9.17) is 10.5 Å². The fraction of sp³-hybridized carbons (Fsp3) is 0.500. The molecule has 0 aromatic heterocycles. The van der Waals surface area contributed by atoms with Gasteiger partial charge in [-0.15, -0.1) is 0 Å². The van der Waals surface area contributed by atoms with Crippen molar-refractivity contribution < 1.29 is 9.53 Å². The molecule has 1 aromatic rings. The zero-order valence-corrected chi connectivity index (χ0v) is 12.4. The molecule has 1 amide bonds. The Hall–Kier alpha value is -1.20. The van der Waals surface area contributed by atoms with Gasteiger partial charge in [-0.05, 0) is 36.8 Å². The lowest BCUT2D eigenvalue weighted by Crippen LogP contribution is -2.12. The molecule has 0 heterocycles. The first-order valence-corrected chi connectivity index (χ1v) is 7.51. The summed E-state index contributed by atoms with van der Waals surface area (Å²) in [6, 6.07) is 5.53. The summed E-state index contributed by atoms with van der Waals surface area (Å²) in [7, 11) is 1.70. The molecule has 19 heavy (non-hydrogen) atoms. The number of hydrogen-bond donors (Lipinski definition) is 2. The lowest BCUT2D eigenvalue weighted by Gasteiger charge is -2.09. The zero-order valence-electron chi connectivity index (χ0n) is 11.6. The minimum atomic E-state index is 0.0426. The molecule has 0 saturated heterocycles. The van der Waals surface area contributed by atoms with Crippen molar-refractivity contribution in [2.75, 3.05) is 36.3 Å². The number of anilines is 2. The van der Waals surface area contributed by atoms with Crippen LogP contribution >= 0.6 is 11.8 Å². The molecule has 1 aromatic carbocycles. The van der Waals surface area contributed by atoms with E-state index in [9.17, 15) is 4.79 Å². The molecular weight excluding hydrogens is 260 g/mol. The van der Waals surface area contributed by atoms with Crippen LogP contribution in [0.15, 0.2) is 18.2 Å². The van der Waals surface area contributed by atoms with Crippen LogP contribution in [0, 0.1) is 6.92 Å². The quantitative estimate of drug-likeness (QED) is 0.568. The lowest BCUT2D eigenvalue weighted by atomic mass is 10.1. The van der Waals surface area contributed by atoms with Crippen molar-refractivity contribution in [3.05, 3.63) is 23.8 Å². The highest BCUT2D eigenvalue weighted by atomic mass is 32.2. The number of hydrogen-bond acceptors (Lipinski definition) is 4. The summed E-state index contributed by atoms with van der Waals surface area (Å²) in [6.45, 7) is 2.72. The highest BCUT2D eigenvalue weighted by molar-refractivity contribution is 7.99. The highest BCUT2D eigenvalue weighted by Crippen LogP contribution is 2.18. The zero-order chi connectivity index (χ0) is 14.1. The van der Waals surface area contributed by atoms with Crippen molar-refractivity contribution in [3.63, 3.8) is 0 Å². The fourth-order valence-corrected chi connectivity index (χ4v) is 2.40. The van der Waals surface area contributed by atoms with Crippen LogP contribution in [-0.4, -0.2) is 31.1 Å². The Bertz CT molecular complexity index is 410. The van der Waals surface area contributed by atoms with E-state index in [1.807, 2.05) is 19.1 Å².